The molecule has 2 heteroatoms. The van der Waals surface area contributed by atoms with E-state index in [1.807, 2.05) is 0 Å². The molecule has 0 radical (unpaired) electrons. The molecule has 2 rings (SSSR count). The maximum absolute atomic E-state index is 6.38. The van der Waals surface area contributed by atoms with E-state index in [0.29, 0.717) is 5.92 Å². The molecule has 0 amide bonds. The first kappa shape index (κ1) is 9.22. The molecule has 74 valence electrons. The van der Waals surface area contributed by atoms with Crippen LogP contribution < -0.4 is 11.5 Å². The molecule has 2 aliphatic carbocycles. The van der Waals surface area contributed by atoms with Crippen LogP contribution in [0.5, 0.6) is 0 Å². The number of rotatable bonds is 2. The van der Waals surface area contributed by atoms with Gasteiger partial charge in [0.05, 0.1) is 5.54 Å². The molecule has 0 spiro atoms. The molecule has 0 aliphatic heterocycles. The van der Waals surface area contributed by atoms with Gasteiger partial charge in [0.25, 0.3) is 0 Å². The molecule has 3 unspecified atom stereocenters. The SMILES string of the molecule is CCC1=C(CC)C2(N)CC1CC2N. The van der Waals surface area contributed by atoms with Gasteiger partial charge in [-0.3, -0.25) is 0 Å². The largest absolute Gasteiger partial charge is 0.326 e. The summed E-state index contributed by atoms with van der Waals surface area (Å²) in [5.41, 5.74) is 15.4. The Kier molecular flexibility index (Phi) is 2.00. The third kappa shape index (κ3) is 1.02. The average Bonchev–Trinajstić information content (AvgIpc) is 2.53. The summed E-state index contributed by atoms with van der Waals surface area (Å²) in [5.74, 6) is 0.708. The third-order valence-corrected chi connectivity index (χ3v) is 3.96. The molecule has 2 aliphatic rings. The van der Waals surface area contributed by atoms with Crippen LogP contribution in [0.1, 0.15) is 39.5 Å². The molecule has 0 heterocycles. The molecule has 2 nitrogen and oxygen atoms in total. The molecule has 4 N–H and O–H groups in total. The Bertz CT molecular complexity index is 257. The molecule has 2 bridgehead atoms. The van der Waals surface area contributed by atoms with Gasteiger partial charge in [0.2, 0.25) is 0 Å². The van der Waals surface area contributed by atoms with Crippen molar-refractivity contribution < 1.29 is 0 Å². The molecule has 0 aromatic carbocycles. The van der Waals surface area contributed by atoms with Gasteiger partial charge in [0.15, 0.2) is 0 Å². The standard InChI is InChI=1S/C11H20N2/c1-3-8-7-5-10(12)11(13,6-7)9(8)4-2/h7,10H,3-6,12-13H2,1-2H3. The molecule has 1 fully saturated rings. The van der Waals surface area contributed by atoms with E-state index >= 15 is 0 Å². The lowest BCUT2D eigenvalue weighted by atomic mass is 9.81. The van der Waals surface area contributed by atoms with E-state index in [9.17, 15) is 0 Å². The predicted octanol–water partition coefficient (Wildman–Crippen LogP) is 1.55. The predicted molar refractivity (Wildman–Crippen MR) is 55.2 cm³/mol. The van der Waals surface area contributed by atoms with Gasteiger partial charge in [-0.2, -0.15) is 0 Å². The van der Waals surface area contributed by atoms with Crippen LogP contribution in [-0.2, 0) is 0 Å². The van der Waals surface area contributed by atoms with Crippen molar-refractivity contribution in [2.45, 2.75) is 51.1 Å². The lowest BCUT2D eigenvalue weighted by Gasteiger charge is -2.32. The minimum Gasteiger partial charge on any atom is -0.326 e. The van der Waals surface area contributed by atoms with Gasteiger partial charge < -0.3 is 11.5 Å². The number of allylic oxidation sites excluding steroid dienone is 1. The van der Waals surface area contributed by atoms with E-state index in [1.54, 1.807) is 5.57 Å². The minimum absolute atomic E-state index is 0.134. The van der Waals surface area contributed by atoms with Crippen LogP contribution in [-0.4, -0.2) is 11.6 Å². The summed E-state index contributed by atoms with van der Waals surface area (Å²) < 4.78 is 0. The van der Waals surface area contributed by atoms with E-state index in [0.717, 1.165) is 19.3 Å². The van der Waals surface area contributed by atoms with Crippen LogP contribution in [0.15, 0.2) is 11.1 Å². The topological polar surface area (TPSA) is 52.0 Å². The Labute approximate surface area is 80.4 Å². The van der Waals surface area contributed by atoms with Gasteiger partial charge in [-0.25, -0.2) is 0 Å². The fraction of sp³-hybridized carbons (Fsp3) is 0.818. The highest BCUT2D eigenvalue weighted by Gasteiger charge is 2.51. The van der Waals surface area contributed by atoms with Crippen molar-refractivity contribution in [3.05, 3.63) is 11.1 Å². The summed E-state index contributed by atoms with van der Waals surface area (Å²) in [4.78, 5) is 0. The number of hydrogen-bond donors (Lipinski definition) is 2. The van der Waals surface area contributed by atoms with E-state index in [-0.39, 0.29) is 11.6 Å². The summed E-state index contributed by atoms with van der Waals surface area (Å²) in [6, 6.07) is 0.211. The van der Waals surface area contributed by atoms with E-state index in [2.05, 4.69) is 13.8 Å². The first-order chi connectivity index (χ1) is 6.13. The van der Waals surface area contributed by atoms with Crippen molar-refractivity contribution in [2.75, 3.05) is 0 Å². The molecule has 0 saturated heterocycles. The normalized spacial score (nSPS) is 43.4. The fourth-order valence-corrected chi connectivity index (χ4v) is 3.38. The fourth-order valence-electron chi connectivity index (χ4n) is 3.38. The van der Waals surface area contributed by atoms with Crippen LogP contribution in [0.25, 0.3) is 0 Å². The second-order valence-electron chi connectivity index (χ2n) is 4.49. The van der Waals surface area contributed by atoms with Crippen molar-refractivity contribution in [3.63, 3.8) is 0 Å². The zero-order chi connectivity index (χ0) is 9.64. The van der Waals surface area contributed by atoms with Gasteiger partial charge >= 0.3 is 0 Å². The van der Waals surface area contributed by atoms with E-state index in [1.165, 1.54) is 12.0 Å². The Hall–Kier alpha value is -0.340. The Morgan fingerprint density at radius 1 is 1.38 bits per heavy atom. The van der Waals surface area contributed by atoms with Crippen LogP contribution in [0.4, 0.5) is 0 Å². The van der Waals surface area contributed by atoms with Crippen molar-refractivity contribution in [1.29, 1.82) is 0 Å². The quantitative estimate of drug-likeness (QED) is 0.633. The minimum atomic E-state index is -0.134. The van der Waals surface area contributed by atoms with Crippen LogP contribution in [0.2, 0.25) is 0 Å². The molecular weight excluding hydrogens is 160 g/mol. The highest BCUT2D eigenvalue weighted by atomic mass is 14.9. The average molecular weight is 180 g/mol. The Morgan fingerprint density at radius 2 is 2.08 bits per heavy atom. The maximum atomic E-state index is 6.38. The van der Waals surface area contributed by atoms with Crippen molar-refractivity contribution in [1.82, 2.24) is 0 Å². The molecule has 3 atom stereocenters. The summed E-state index contributed by atoms with van der Waals surface area (Å²) in [6.07, 6.45) is 4.48. The van der Waals surface area contributed by atoms with Gasteiger partial charge in [0, 0.05) is 6.04 Å². The van der Waals surface area contributed by atoms with Gasteiger partial charge in [-0.05, 0) is 37.2 Å². The van der Waals surface area contributed by atoms with Crippen LogP contribution in [0.3, 0.4) is 0 Å². The summed E-state index contributed by atoms with van der Waals surface area (Å²) >= 11 is 0. The third-order valence-electron chi connectivity index (χ3n) is 3.96. The van der Waals surface area contributed by atoms with Crippen molar-refractivity contribution >= 4 is 0 Å². The second-order valence-corrected chi connectivity index (χ2v) is 4.49. The second kappa shape index (κ2) is 2.82. The van der Waals surface area contributed by atoms with E-state index < -0.39 is 0 Å². The molecule has 1 saturated carbocycles. The molecule has 13 heavy (non-hydrogen) atoms. The van der Waals surface area contributed by atoms with Crippen LogP contribution >= 0.6 is 0 Å². The summed E-state index contributed by atoms with van der Waals surface area (Å²) in [6.45, 7) is 4.44. The maximum Gasteiger partial charge on any atom is 0.0531 e. The van der Waals surface area contributed by atoms with Gasteiger partial charge in [-0.1, -0.05) is 19.4 Å². The van der Waals surface area contributed by atoms with Crippen LogP contribution in [0, 0.1) is 5.92 Å². The number of fused-ring (bicyclic) bond motifs is 2. The zero-order valence-electron chi connectivity index (χ0n) is 8.64. The Balaban J connectivity index is 2.41. The number of nitrogens with two attached hydrogens (primary N) is 2. The van der Waals surface area contributed by atoms with E-state index in [4.69, 9.17) is 11.5 Å². The first-order valence-corrected chi connectivity index (χ1v) is 5.40. The zero-order valence-corrected chi connectivity index (χ0v) is 8.64. The highest BCUT2D eigenvalue weighted by Crippen LogP contribution is 2.51. The number of hydrogen-bond acceptors (Lipinski definition) is 2. The first-order valence-electron chi connectivity index (χ1n) is 5.40. The summed E-state index contributed by atoms with van der Waals surface area (Å²) in [7, 11) is 0. The monoisotopic (exact) mass is 180 g/mol. The van der Waals surface area contributed by atoms with Gasteiger partial charge in [-0.15, -0.1) is 0 Å². The Morgan fingerprint density at radius 3 is 2.62 bits per heavy atom. The van der Waals surface area contributed by atoms with Crippen molar-refractivity contribution in [3.8, 4) is 0 Å². The molecule has 0 aromatic heterocycles. The van der Waals surface area contributed by atoms with Crippen molar-refractivity contribution in [2.24, 2.45) is 17.4 Å². The summed E-state index contributed by atoms with van der Waals surface area (Å²) in [5, 5.41) is 0. The molecule has 0 aromatic rings. The smallest absolute Gasteiger partial charge is 0.0531 e. The van der Waals surface area contributed by atoms with Gasteiger partial charge in [0.1, 0.15) is 0 Å². The lowest BCUT2D eigenvalue weighted by molar-refractivity contribution is 0.445. The highest BCUT2D eigenvalue weighted by molar-refractivity contribution is 5.40. The lowest BCUT2D eigenvalue weighted by Crippen LogP contribution is -2.52. The molecular formula is C11H20N2.